The van der Waals surface area contributed by atoms with E-state index in [4.69, 9.17) is 4.52 Å². The van der Waals surface area contributed by atoms with E-state index in [-0.39, 0.29) is 29.0 Å². The van der Waals surface area contributed by atoms with E-state index in [0.717, 1.165) is 37.2 Å². The van der Waals surface area contributed by atoms with Crippen molar-refractivity contribution in [2.24, 2.45) is 11.8 Å². The lowest BCUT2D eigenvalue weighted by Crippen LogP contribution is -2.49. The Hall–Kier alpha value is -1.97. The summed E-state index contributed by atoms with van der Waals surface area (Å²) in [5, 5.41) is 5.86. The van der Waals surface area contributed by atoms with Crippen LogP contribution >= 0.6 is 11.3 Å². The summed E-state index contributed by atoms with van der Waals surface area (Å²) in [6.45, 7) is 5.96. The lowest BCUT2D eigenvalue weighted by molar-refractivity contribution is -0.138. The van der Waals surface area contributed by atoms with Gasteiger partial charge in [-0.2, -0.15) is 4.31 Å². The molecule has 2 aliphatic heterocycles. The molecule has 2 fully saturated rings. The van der Waals surface area contributed by atoms with Gasteiger partial charge in [-0.25, -0.2) is 8.42 Å². The summed E-state index contributed by atoms with van der Waals surface area (Å²) in [6, 6.07) is 3.88. The van der Waals surface area contributed by atoms with Crippen LogP contribution in [-0.4, -0.2) is 54.9 Å². The van der Waals surface area contributed by atoms with E-state index in [1.165, 1.54) is 4.31 Å². The average molecular weight is 464 g/mol. The number of likely N-dealkylation sites (tertiary alicyclic amines) is 1. The van der Waals surface area contributed by atoms with Crippen LogP contribution in [0.2, 0.25) is 0 Å². The Balaban J connectivity index is 1.53. The lowest BCUT2D eigenvalue weighted by atomic mass is 9.94. The van der Waals surface area contributed by atoms with Crippen molar-refractivity contribution in [1.82, 2.24) is 14.4 Å². The molecule has 0 radical (unpaired) electrons. The third-order valence-corrected chi connectivity index (χ3v) is 8.94. The Labute approximate surface area is 187 Å². The Kier molecular flexibility index (Phi) is 6.64. The van der Waals surface area contributed by atoms with E-state index in [9.17, 15) is 13.2 Å². The van der Waals surface area contributed by atoms with Gasteiger partial charge in [0.15, 0.2) is 10.7 Å². The number of rotatable bonds is 5. The summed E-state index contributed by atoms with van der Waals surface area (Å²) in [7, 11) is -3.82. The minimum absolute atomic E-state index is 0.0892. The van der Waals surface area contributed by atoms with Gasteiger partial charge in [0.1, 0.15) is 5.69 Å². The molecule has 0 aliphatic carbocycles. The SMILES string of the molecule is Cc1noc(/C=C/c2cccs2)c1S(=O)(=O)N1CCCC(C(=O)N2CCCC(C)C2)C1. The van der Waals surface area contributed by atoms with Gasteiger partial charge in [0.25, 0.3) is 0 Å². The van der Waals surface area contributed by atoms with Crippen molar-refractivity contribution in [3.8, 4) is 0 Å². The highest BCUT2D eigenvalue weighted by molar-refractivity contribution is 7.89. The number of thiophene rings is 1. The van der Waals surface area contributed by atoms with Crippen molar-refractivity contribution >= 4 is 39.4 Å². The van der Waals surface area contributed by atoms with Crippen molar-refractivity contribution in [2.75, 3.05) is 26.2 Å². The molecule has 31 heavy (non-hydrogen) atoms. The van der Waals surface area contributed by atoms with Gasteiger partial charge in [-0.05, 0) is 62.1 Å². The van der Waals surface area contributed by atoms with E-state index in [1.807, 2.05) is 28.5 Å². The smallest absolute Gasteiger partial charge is 0.248 e. The molecule has 2 unspecified atom stereocenters. The molecule has 1 amide bonds. The molecular formula is C22H29N3O4S2. The number of aromatic nitrogens is 1. The Morgan fingerprint density at radius 2 is 2.03 bits per heavy atom. The van der Waals surface area contributed by atoms with Gasteiger partial charge in [-0.1, -0.05) is 18.1 Å². The number of sulfonamides is 1. The summed E-state index contributed by atoms with van der Waals surface area (Å²) in [5.74, 6) is 0.521. The second-order valence-corrected chi connectivity index (χ2v) is 11.4. The monoisotopic (exact) mass is 463 g/mol. The second kappa shape index (κ2) is 9.26. The fraction of sp³-hybridized carbons (Fsp3) is 0.545. The maximum atomic E-state index is 13.5. The van der Waals surface area contributed by atoms with Gasteiger partial charge in [0.2, 0.25) is 15.9 Å². The lowest BCUT2D eigenvalue weighted by Gasteiger charge is -2.37. The van der Waals surface area contributed by atoms with Gasteiger partial charge in [-0.3, -0.25) is 4.79 Å². The third kappa shape index (κ3) is 4.78. The number of carbonyl (C=O) groups is 1. The first-order chi connectivity index (χ1) is 14.9. The summed E-state index contributed by atoms with van der Waals surface area (Å²) in [4.78, 5) is 16.1. The highest BCUT2D eigenvalue weighted by Gasteiger charge is 2.38. The number of hydrogen-bond acceptors (Lipinski definition) is 6. The number of carbonyl (C=O) groups excluding carboxylic acids is 1. The quantitative estimate of drug-likeness (QED) is 0.672. The van der Waals surface area contributed by atoms with Crippen molar-refractivity contribution in [1.29, 1.82) is 0 Å². The highest BCUT2D eigenvalue weighted by Crippen LogP contribution is 2.30. The molecule has 2 atom stereocenters. The van der Waals surface area contributed by atoms with Crippen LogP contribution in [0.4, 0.5) is 0 Å². The molecule has 4 heterocycles. The molecule has 0 aromatic carbocycles. The first-order valence-electron chi connectivity index (χ1n) is 10.8. The van der Waals surface area contributed by atoms with Crippen LogP contribution < -0.4 is 0 Å². The molecule has 168 valence electrons. The van der Waals surface area contributed by atoms with Gasteiger partial charge in [-0.15, -0.1) is 11.3 Å². The van der Waals surface area contributed by atoms with Crippen molar-refractivity contribution in [2.45, 2.75) is 44.4 Å². The minimum atomic E-state index is -3.82. The molecule has 0 N–H and O–H groups in total. The van der Waals surface area contributed by atoms with Crippen LogP contribution in [-0.2, 0) is 14.8 Å². The fourth-order valence-electron chi connectivity index (χ4n) is 4.48. The summed E-state index contributed by atoms with van der Waals surface area (Å²) in [5.41, 5.74) is 0.337. The number of piperidine rings is 2. The first-order valence-corrected chi connectivity index (χ1v) is 13.1. The highest BCUT2D eigenvalue weighted by atomic mass is 32.2. The van der Waals surface area contributed by atoms with Crippen molar-refractivity contribution < 1.29 is 17.7 Å². The van der Waals surface area contributed by atoms with Crippen LogP contribution in [0.1, 0.15) is 48.9 Å². The summed E-state index contributed by atoms with van der Waals surface area (Å²) < 4.78 is 33.8. The van der Waals surface area contributed by atoms with Crippen LogP contribution in [0, 0.1) is 18.8 Å². The van der Waals surface area contributed by atoms with Crippen molar-refractivity contribution in [3.05, 3.63) is 33.8 Å². The van der Waals surface area contributed by atoms with E-state index >= 15 is 0 Å². The molecule has 2 aromatic rings. The van der Waals surface area contributed by atoms with E-state index in [0.29, 0.717) is 24.6 Å². The summed E-state index contributed by atoms with van der Waals surface area (Å²) in [6.07, 6.45) is 7.03. The Morgan fingerprint density at radius 1 is 1.23 bits per heavy atom. The average Bonchev–Trinajstić information content (AvgIpc) is 3.41. The predicted octanol–water partition coefficient (Wildman–Crippen LogP) is 3.87. The zero-order valence-electron chi connectivity index (χ0n) is 18.0. The maximum absolute atomic E-state index is 13.5. The Bertz CT molecular complexity index is 1040. The van der Waals surface area contributed by atoms with Gasteiger partial charge < -0.3 is 9.42 Å². The van der Waals surface area contributed by atoms with E-state index in [1.54, 1.807) is 24.3 Å². The van der Waals surface area contributed by atoms with Gasteiger partial charge in [0.05, 0.1) is 5.92 Å². The zero-order valence-corrected chi connectivity index (χ0v) is 19.6. The molecule has 9 heteroatoms. The van der Waals surface area contributed by atoms with Crippen molar-refractivity contribution in [3.63, 3.8) is 0 Å². The zero-order chi connectivity index (χ0) is 22.0. The molecule has 0 spiro atoms. The molecule has 4 rings (SSSR count). The van der Waals surface area contributed by atoms with E-state index < -0.39 is 10.0 Å². The third-order valence-electron chi connectivity index (χ3n) is 6.08. The van der Waals surface area contributed by atoms with Crippen LogP contribution in [0.3, 0.4) is 0 Å². The maximum Gasteiger partial charge on any atom is 0.248 e. The number of hydrogen-bond donors (Lipinski definition) is 0. The summed E-state index contributed by atoms with van der Waals surface area (Å²) >= 11 is 1.56. The first kappa shape index (κ1) is 22.2. The molecule has 0 bridgehead atoms. The predicted molar refractivity (Wildman–Crippen MR) is 121 cm³/mol. The topological polar surface area (TPSA) is 83.7 Å². The molecular weight excluding hydrogens is 434 g/mol. The normalized spacial score (nSPS) is 23.5. The molecule has 2 saturated heterocycles. The number of nitrogens with zero attached hydrogens (tertiary/aromatic N) is 3. The number of amides is 1. The van der Waals surface area contributed by atoms with Crippen LogP contribution in [0.5, 0.6) is 0 Å². The standard InChI is InChI=1S/C22H29N3O4S2/c1-16-6-3-11-24(14-16)22(26)18-7-4-12-25(15-18)31(27,28)21-17(2)23-29-20(21)10-9-19-8-5-13-30-19/h5,8-10,13,16,18H,3-4,6-7,11-12,14-15H2,1-2H3/b10-9+. The van der Waals surface area contributed by atoms with E-state index in [2.05, 4.69) is 12.1 Å². The number of aryl methyl sites for hydroxylation is 1. The second-order valence-electron chi connectivity index (χ2n) is 8.54. The fourth-order valence-corrected chi connectivity index (χ4v) is 6.87. The molecule has 0 saturated carbocycles. The van der Waals surface area contributed by atoms with Crippen LogP contribution in [0.25, 0.3) is 12.2 Å². The molecule has 2 aromatic heterocycles. The van der Waals surface area contributed by atoms with Crippen LogP contribution in [0.15, 0.2) is 26.9 Å². The van der Waals surface area contributed by atoms with Gasteiger partial charge in [0, 0.05) is 31.1 Å². The molecule has 7 nitrogen and oxygen atoms in total. The Morgan fingerprint density at radius 3 is 2.77 bits per heavy atom. The minimum Gasteiger partial charge on any atom is -0.355 e. The van der Waals surface area contributed by atoms with Gasteiger partial charge >= 0.3 is 0 Å². The largest absolute Gasteiger partial charge is 0.355 e. The molecule has 2 aliphatic rings.